The van der Waals surface area contributed by atoms with Crippen LogP contribution in [0.25, 0.3) is 10.9 Å². The third-order valence-corrected chi connectivity index (χ3v) is 6.73. The van der Waals surface area contributed by atoms with Crippen LogP contribution in [0.1, 0.15) is 48.1 Å². The second kappa shape index (κ2) is 9.03. The van der Waals surface area contributed by atoms with Gasteiger partial charge in [-0.15, -0.1) is 0 Å². The number of piperidine rings is 1. The molecule has 3 aromatic rings. The molecule has 0 amide bonds. The van der Waals surface area contributed by atoms with Crippen molar-refractivity contribution >= 4 is 10.9 Å². The molecule has 1 saturated heterocycles. The van der Waals surface area contributed by atoms with Gasteiger partial charge in [0.15, 0.2) is 0 Å². The van der Waals surface area contributed by atoms with Gasteiger partial charge in [0.1, 0.15) is 5.82 Å². The number of hydrogen-bond acceptors (Lipinski definition) is 3. The van der Waals surface area contributed by atoms with Crippen LogP contribution in [0.4, 0.5) is 17.6 Å². The number of aromatic nitrogens is 1. The minimum absolute atomic E-state index is 0.298. The fraction of sp³-hybridized carbons (Fsp3) is 0.423. The zero-order valence-electron chi connectivity index (χ0n) is 19.0. The fourth-order valence-corrected chi connectivity index (χ4v) is 4.60. The number of fused-ring (bicyclic) bond motifs is 1. The number of alkyl halides is 3. The third-order valence-electron chi connectivity index (χ3n) is 6.73. The number of halogens is 4. The van der Waals surface area contributed by atoms with E-state index in [4.69, 9.17) is 4.74 Å². The van der Waals surface area contributed by atoms with Gasteiger partial charge in [-0.25, -0.2) is 4.39 Å². The maximum absolute atomic E-state index is 13.6. The van der Waals surface area contributed by atoms with Crippen LogP contribution in [0.2, 0.25) is 0 Å². The molecule has 33 heavy (non-hydrogen) atoms. The summed E-state index contributed by atoms with van der Waals surface area (Å²) in [6, 6.07) is 10.5. The largest absolute Gasteiger partial charge is 0.416 e. The Bertz CT molecular complexity index is 1120. The van der Waals surface area contributed by atoms with Crippen molar-refractivity contribution in [1.82, 2.24) is 9.88 Å². The summed E-state index contributed by atoms with van der Waals surface area (Å²) < 4.78 is 60.6. The molecule has 0 N–H and O–H groups in total. The minimum atomic E-state index is -4.46. The molecular formula is C26H28F4N2O. The van der Waals surface area contributed by atoms with Gasteiger partial charge in [0, 0.05) is 22.6 Å². The first-order valence-corrected chi connectivity index (χ1v) is 11.1. The molecule has 0 bridgehead atoms. The first-order chi connectivity index (χ1) is 15.6. The summed E-state index contributed by atoms with van der Waals surface area (Å²) in [4.78, 5) is 6.65. The summed E-state index contributed by atoms with van der Waals surface area (Å²) in [7, 11) is 2.06. The van der Waals surface area contributed by atoms with E-state index in [1.54, 1.807) is 38.2 Å². The Morgan fingerprint density at radius 2 is 1.76 bits per heavy atom. The molecule has 0 radical (unpaired) electrons. The topological polar surface area (TPSA) is 25.4 Å². The number of rotatable bonds is 5. The van der Waals surface area contributed by atoms with Crippen molar-refractivity contribution in [2.45, 2.75) is 44.4 Å². The Balaban J connectivity index is 1.66. The van der Waals surface area contributed by atoms with Gasteiger partial charge in [-0.3, -0.25) is 4.98 Å². The van der Waals surface area contributed by atoms with Crippen LogP contribution in [0.15, 0.2) is 48.7 Å². The van der Waals surface area contributed by atoms with Crippen molar-refractivity contribution in [2.75, 3.05) is 26.7 Å². The van der Waals surface area contributed by atoms with Crippen LogP contribution in [-0.2, 0) is 16.3 Å². The highest BCUT2D eigenvalue weighted by molar-refractivity contribution is 5.83. The average molecular weight is 461 g/mol. The van der Waals surface area contributed by atoms with E-state index >= 15 is 0 Å². The summed E-state index contributed by atoms with van der Waals surface area (Å²) in [6.45, 7) is 5.63. The Labute approximate surface area is 191 Å². The molecule has 2 aromatic carbocycles. The molecule has 7 heteroatoms. The molecule has 0 aliphatic carbocycles. The van der Waals surface area contributed by atoms with Crippen molar-refractivity contribution in [2.24, 2.45) is 0 Å². The highest BCUT2D eigenvalue weighted by Gasteiger charge is 2.37. The quantitative estimate of drug-likeness (QED) is 0.410. The maximum Gasteiger partial charge on any atom is 0.416 e. The van der Waals surface area contributed by atoms with Crippen molar-refractivity contribution in [1.29, 1.82) is 0 Å². The van der Waals surface area contributed by atoms with E-state index in [1.807, 2.05) is 0 Å². The number of pyridine rings is 1. The second-order valence-electron chi connectivity index (χ2n) is 9.19. The lowest BCUT2D eigenvalue weighted by atomic mass is 9.73. The summed E-state index contributed by atoms with van der Waals surface area (Å²) in [5, 5.41) is 0.447. The van der Waals surface area contributed by atoms with Gasteiger partial charge in [-0.2, -0.15) is 13.2 Å². The molecule has 0 saturated carbocycles. The van der Waals surface area contributed by atoms with E-state index in [1.165, 1.54) is 12.1 Å². The summed E-state index contributed by atoms with van der Waals surface area (Å²) in [6.07, 6.45) is -1.76. The van der Waals surface area contributed by atoms with Crippen LogP contribution in [0, 0.1) is 12.7 Å². The van der Waals surface area contributed by atoms with E-state index in [0.29, 0.717) is 23.1 Å². The standard InChI is InChI=1S/C26H28F4N2O/c1-17-12-19-13-21(26(28,29)30)14-23(24(19)31-15-17)18(2)33-16-25(8-10-32(3)11-9-25)20-4-6-22(27)7-5-20/h4-7,12-15,18H,8-11,16H2,1-3H3. The van der Waals surface area contributed by atoms with Crippen LogP contribution in [-0.4, -0.2) is 36.6 Å². The molecule has 1 atom stereocenters. The normalized spacial score (nSPS) is 17.9. The van der Waals surface area contributed by atoms with Gasteiger partial charge in [0.25, 0.3) is 0 Å². The second-order valence-corrected chi connectivity index (χ2v) is 9.19. The highest BCUT2D eigenvalue weighted by atomic mass is 19.4. The number of ether oxygens (including phenoxy) is 1. The predicted molar refractivity (Wildman–Crippen MR) is 121 cm³/mol. The molecular weight excluding hydrogens is 432 g/mol. The van der Waals surface area contributed by atoms with Gasteiger partial charge in [0.05, 0.1) is 23.8 Å². The lowest BCUT2D eigenvalue weighted by molar-refractivity contribution is -0.137. The van der Waals surface area contributed by atoms with E-state index < -0.39 is 17.8 Å². The van der Waals surface area contributed by atoms with Crippen LogP contribution >= 0.6 is 0 Å². The van der Waals surface area contributed by atoms with Crippen LogP contribution in [0.5, 0.6) is 0 Å². The van der Waals surface area contributed by atoms with E-state index in [0.717, 1.165) is 49.2 Å². The Kier molecular flexibility index (Phi) is 6.47. The molecule has 1 fully saturated rings. The van der Waals surface area contributed by atoms with Crippen molar-refractivity contribution < 1.29 is 22.3 Å². The molecule has 3 nitrogen and oxygen atoms in total. The number of aryl methyl sites for hydroxylation is 1. The summed E-state index contributed by atoms with van der Waals surface area (Å²) in [5.74, 6) is -0.298. The molecule has 4 rings (SSSR count). The lowest BCUT2D eigenvalue weighted by Gasteiger charge is -2.41. The molecule has 1 aliphatic rings. The van der Waals surface area contributed by atoms with Gasteiger partial charge in [-0.1, -0.05) is 12.1 Å². The molecule has 1 aromatic heterocycles. The molecule has 2 heterocycles. The summed E-state index contributed by atoms with van der Waals surface area (Å²) >= 11 is 0. The van der Waals surface area contributed by atoms with Crippen molar-refractivity contribution in [3.8, 4) is 0 Å². The highest BCUT2D eigenvalue weighted by Crippen LogP contribution is 2.39. The maximum atomic E-state index is 13.6. The molecule has 1 unspecified atom stereocenters. The van der Waals surface area contributed by atoms with Crippen LogP contribution < -0.4 is 0 Å². The number of benzene rings is 2. The van der Waals surface area contributed by atoms with Crippen molar-refractivity contribution in [3.63, 3.8) is 0 Å². The van der Waals surface area contributed by atoms with E-state index in [9.17, 15) is 17.6 Å². The zero-order chi connectivity index (χ0) is 23.8. The first-order valence-electron chi connectivity index (χ1n) is 11.1. The Morgan fingerprint density at radius 1 is 1.09 bits per heavy atom. The SMILES string of the molecule is Cc1cnc2c(C(C)OCC3(c4ccc(F)cc4)CCN(C)CC3)cc(C(F)(F)F)cc2c1. The van der Waals surface area contributed by atoms with Crippen LogP contribution in [0.3, 0.4) is 0 Å². The van der Waals surface area contributed by atoms with E-state index in [-0.39, 0.29) is 11.2 Å². The Hall–Kier alpha value is -2.51. The van der Waals surface area contributed by atoms with E-state index in [2.05, 4.69) is 16.9 Å². The lowest BCUT2D eigenvalue weighted by Crippen LogP contribution is -2.44. The average Bonchev–Trinajstić information content (AvgIpc) is 2.77. The first kappa shape index (κ1) is 23.6. The Morgan fingerprint density at radius 3 is 2.39 bits per heavy atom. The van der Waals surface area contributed by atoms with Gasteiger partial charge >= 0.3 is 6.18 Å². The monoisotopic (exact) mass is 460 g/mol. The molecule has 0 spiro atoms. The summed E-state index contributed by atoms with van der Waals surface area (Å²) in [5.41, 5.74) is 1.69. The number of hydrogen-bond donors (Lipinski definition) is 0. The number of nitrogens with zero attached hydrogens (tertiary/aromatic N) is 2. The third kappa shape index (κ3) is 5.04. The van der Waals surface area contributed by atoms with Gasteiger partial charge in [0.2, 0.25) is 0 Å². The predicted octanol–water partition coefficient (Wildman–Crippen LogP) is 6.44. The van der Waals surface area contributed by atoms with Gasteiger partial charge in [-0.05, 0) is 88.3 Å². The molecule has 1 aliphatic heterocycles. The fourth-order valence-electron chi connectivity index (χ4n) is 4.60. The van der Waals surface area contributed by atoms with Gasteiger partial charge < -0.3 is 9.64 Å². The zero-order valence-corrected chi connectivity index (χ0v) is 19.0. The number of likely N-dealkylation sites (tertiary alicyclic amines) is 1. The smallest absolute Gasteiger partial charge is 0.373 e. The molecule has 176 valence electrons. The minimum Gasteiger partial charge on any atom is -0.373 e. The van der Waals surface area contributed by atoms with Crippen molar-refractivity contribution in [3.05, 3.63) is 76.7 Å².